The van der Waals surface area contributed by atoms with E-state index in [1.54, 1.807) is 0 Å². The van der Waals surface area contributed by atoms with Gasteiger partial charge in [-0.1, -0.05) is 31.9 Å². The van der Waals surface area contributed by atoms with Gasteiger partial charge in [0.25, 0.3) is 0 Å². The van der Waals surface area contributed by atoms with Crippen molar-refractivity contribution in [3.05, 3.63) is 46.8 Å². The molecule has 0 spiro atoms. The minimum atomic E-state index is -4.34. The summed E-state index contributed by atoms with van der Waals surface area (Å²) in [6.45, 7) is 2.43. The van der Waals surface area contributed by atoms with Gasteiger partial charge in [-0.2, -0.15) is 13.2 Å². The van der Waals surface area contributed by atoms with E-state index in [0.29, 0.717) is 18.5 Å². The van der Waals surface area contributed by atoms with Crippen LogP contribution < -0.4 is 5.32 Å². The molecule has 0 unspecified atom stereocenters. The van der Waals surface area contributed by atoms with Gasteiger partial charge in [0.1, 0.15) is 6.04 Å². The first-order valence-electron chi connectivity index (χ1n) is 8.03. The Morgan fingerprint density at radius 3 is 2.44 bits per heavy atom. The van der Waals surface area contributed by atoms with E-state index in [-0.39, 0.29) is 0 Å². The van der Waals surface area contributed by atoms with Crippen molar-refractivity contribution in [2.24, 2.45) is 0 Å². The molecule has 1 atom stereocenters. The van der Waals surface area contributed by atoms with Gasteiger partial charge in [-0.3, -0.25) is 10.1 Å². The maximum atomic E-state index is 12.6. The lowest BCUT2D eigenvalue weighted by Gasteiger charge is -2.13. The molecule has 7 heteroatoms. The van der Waals surface area contributed by atoms with Crippen molar-refractivity contribution in [1.29, 1.82) is 0 Å². The number of hydrogen-bond donors (Lipinski definition) is 2. The first kappa shape index (κ1) is 19.5. The topological polar surface area (TPSA) is 49.3 Å². The van der Waals surface area contributed by atoms with Gasteiger partial charge in [-0.15, -0.1) is 11.3 Å². The maximum Gasteiger partial charge on any atom is 0.416 e. The van der Waals surface area contributed by atoms with Crippen LogP contribution in [0.15, 0.2) is 36.4 Å². The third-order valence-corrected chi connectivity index (χ3v) is 4.96. The largest absolute Gasteiger partial charge is 0.480 e. The van der Waals surface area contributed by atoms with Crippen molar-refractivity contribution in [3.8, 4) is 10.4 Å². The average Bonchev–Trinajstić information content (AvgIpc) is 3.03. The molecular weight excluding hydrogens is 351 g/mol. The maximum absolute atomic E-state index is 12.6. The molecule has 0 aliphatic carbocycles. The Morgan fingerprint density at radius 1 is 1.20 bits per heavy atom. The van der Waals surface area contributed by atoms with Crippen LogP contribution in [0.2, 0.25) is 0 Å². The highest BCUT2D eigenvalue weighted by atomic mass is 32.1. The Hall–Kier alpha value is -1.86. The second kappa shape index (κ2) is 8.49. The molecule has 3 nitrogen and oxygen atoms in total. The van der Waals surface area contributed by atoms with Gasteiger partial charge in [0.2, 0.25) is 0 Å². The van der Waals surface area contributed by atoms with E-state index < -0.39 is 23.8 Å². The van der Waals surface area contributed by atoms with Crippen LogP contribution in [0.3, 0.4) is 0 Å². The van der Waals surface area contributed by atoms with Crippen LogP contribution in [0.25, 0.3) is 10.4 Å². The van der Waals surface area contributed by atoms with E-state index in [9.17, 15) is 23.1 Å². The highest BCUT2D eigenvalue weighted by molar-refractivity contribution is 7.15. The molecule has 2 aromatic rings. The lowest BCUT2D eigenvalue weighted by Crippen LogP contribution is -2.35. The van der Waals surface area contributed by atoms with Gasteiger partial charge in [-0.25, -0.2) is 0 Å². The molecule has 0 aliphatic heterocycles. The number of unbranched alkanes of at least 4 members (excludes halogenated alkanes) is 1. The lowest BCUT2D eigenvalue weighted by atomic mass is 10.1. The molecule has 2 rings (SSSR count). The van der Waals surface area contributed by atoms with Gasteiger partial charge in [0.15, 0.2) is 0 Å². The third kappa shape index (κ3) is 5.57. The average molecular weight is 371 g/mol. The Morgan fingerprint density at radius 2 is 1.88 bits per heavy atom. The Balaban J connectivity index is 2.01. The first-order valence-corrected chi connectivity index (χ1v) is 8.85. The zero-order valence-electron chi connectivity index (χ0n) is 13.8. The SMILES string of the molecule is CCCC[C@H](NCc1ccc(-c2ccc(C(F)(F)F)cc2)s1)C(=O)O. The summed E-state index contributed by atoms with van der Waals surface area (Å²) in [5.41, 5.74) is 0.0416. The van der Waals surface area contributed by atoms with Crippen LogP contribution >= 0.6 is 11.3 Å². The summed E-state index contributed by atoms with van der Waals surface area (Å²) >= 11 is 1.44. The molecule has 2 N–H and O–H groups in total. The molecule has 1 aromatic carbocycles. The number of rotatable bonds is 8. The lowest BCUT2D eigenvalue weighted by molar-refractivity contribution is -0.140. The fourth-order valence-corrected chi connectivity index (χ4v) is 3.36. The summed E-state index contributed by atoms with van der Waals surface area (Å²) in [6, 6.07) is 8.16. The zero-order chi connectivity index (χ0) is 18.4. The minimum Gasteiger partial charge on any atom is -0.480 e. The van der Waals surface area contributed by atoms with E-state index in [0.717, 1.165) is 34.7 Å². The molecule has 0 aliphatic rings. The number of carboxylic acids is 1. The number of halogens is 3. The van der Waals surface area contributed by atoms with Crippen LogP contribution in [-0.4, -0.2) is 17.1 Å². The molecule has 0 amide bonds. The van der Waals surface area contributed by atoms with Crippen molar-refractivity contribution in [3.63, 3.8) is 0 Å². The van der Waals surface area contributed by atoms with Crippen LogP contribution in [0.1, 0.15) is 36.6 Å². The molecule has 0 bridgehead atoms. The highest BCUT2D eigenvalue weighted by Crippen LogP contribution is 2.33. The summed E-state index contributed by atoms with van der Waals surface area (Å²) in [5, 5.41) is 12.2. The number of aliphatic carboxylic acids is 1. The Labute approximate surface area is 148 Å². The van der Waals surface area contributed by atoms with Crippen LogP contribution in [0.4, 0.5) is 13.2 Å². The van der Waals surface area contributed by atoms with E-state index in [2.05, 4.69) is 5.32 Å². The van der Waals surface area contributed by atoms with Crippen LogP contribution in [-0.2, 0) is 17.5 Å². The molecule has 0 saturated heterocycles. The van der Waals surface area contributed by atoms with E-state index in [4.69, 9.17) is 0 Å². The van der Waals surface area contributed by atoms with Crippen molar-refractivity contribution in [2.75, 3.05) is 0 Å². The highest BCUT2D eigenvalue weighted by Gasteiger charge is 2.30. The fourth-order valence-electron chi connectivity index (χ4n) is 2.40. The predicted octanol–water partition coefficient (Wildman–Crippen LogP) is 5.17. The van der Waals surface area contributed by atoms with E-state index in [1.165, 1.54) is 23.5 Å². The normalized spacial score (nSPS) is 13.0. The monoisotopic (exact) mass is 371 g/mol. The molecule has 0 fully saturated rings. The Kier molecular flexibility index (Phi) is 6.61. The molecule has 1 aromatic heterocycles. The molecule has 25 heavy (non-hydrogen) atoms. The summed E-state index contributed by atoms with van der Waals surface area (Å²) < 4.78 is 37.8. The van der Waals surface area contributed by atoms with Crippen LogP contribution in [0.5, 0.6) is 0 Å². The first-order chi connectivity index (χ1) is 11.8. The van der Waals surface area contributed by atoms with E-state index >= 15 is 0 Å². The molecule has 0 radical (unpaired) electrons. The van der Waals surface area contributed by atoms with Gasteiger partial charge >= 0.3 is 12.1 Å². The summed E-state index contributed by atoms with van der Waals surface area (Å²) in [7, 11) is 0. The minimum absolute atomic E-state index is 0.423. The second-order valence-electron chi connectivity index (χ2n) is 5.76. The van der Waals surface area contributed by atoms with Gasteiger partial charge in [0.05, 0.1) is 5.56 Å². The number of thiophene rings is 1. The molecule has 1 heterocycles. The standard InChI is InChI=1S/C18H20F3NO2S/c1-2-3-4-15(17(23)24)22-11-14-9-10-16(25-14)12-5-7-13(8-6-12)18(19,20)21/h5-10,15,22H,2-4,11H2,1H3,(H,23,24)/t15-/m0/s1. The quantitative estimate of drug-likeness (QED) is 0.673. The van der Waals surface area contributed by atoms with Crippen molar-refractivity contribution < 1.29 is 23.1 Å². The molecule has 136 valence electrons. The number of benzene rings is 1. The number of carbonyl (C=O) groups is 1. The zero-order valence-corrected chi connectivity index (χ0v) is 14.6. The van der Waals surface area contributed by atoms with Crippen LogP contribution in [0, 0.1) is 0 Å². The number of alkyl halides is 3. The van der Waals surface area contributed by atoms with Gasteiger partial charge in [0, 0.05) is 16.3 Å². The van der Waals surface area contributed by atoms with Gasteiger partial charge in [-0.05, 0) is 36.2 Å². The summed E-state index contributed by atoms with van der Waals surface area (Å²) in [6.07, 6.45) is -2.00. The van der Waals surface area contributed by atoms with Crippen molar-refractivity contribution >= 4 is 17.3 Å². The number of hydrogen-bond acceptors (Lipinski definition) is 3. The molecular formula is C18H20F3NO2S. The molecule has 0 saturated carbocycles. The van der Waals surface area contributed by atoms with Crippen molar-refractivity contribution in [2.45, 2.75) is 44.9 Å². The summed E-state index contributed by atoms with van der Waals surface area (Å²) in [4.78, 5) is 13.0. The smallest absolute Gasteiger partial charge is 0.416 e. The number of carboxylic acid groups (broad SMARTS) is 1. The third-order valence-electron chi connectivity index (χ3n) is 3.83. The van der Waals surface area contributed by atoms with Gasteiger partial charge < -0.3 is 5.11 Å². The predicted molar refractivity (Wildman–Crippen MR) is 92.5 cm³/mol. The Bertz CT molecular complexity index is 695. The fraction of sp³-hybridized carbons (Fsp3) is 0.389. The summed E-state index contributed by atoms with van der Waals surface area (Å²) in [5.74, 6) is -0.868. The second-order valence-corrected chi connectivity index (χ2v) is 6.92. The van der Waals surface area contributed by atoms with Crippen molar-refractivity contribution in [1.82, 2.24) is 5.32 Å². The van der Waals surface area contributed by atoms with E-state index in [1.807, 2.05) is 19.1 Å². The number of nitrogens with one attached hydrogen (secondary N) is 1.